The molecule has 2 aliphatic carbocycles. The van der Waals surface area contributed by atoms with Crippen molar-refractivity contribution in [2.75, 3.05) is 0 Å². The SMILES string of the molecule is CCC1CCC(O)(C2(N)CCCCC2)CC1. The first-order chi connectivity index (χ1) is 7.60. The van der Waals surface area contributed by atoms with E-state index in [1.807, 2.05) is 0 Å². The third-order valence-corrected chi connectivity index (χ3v) is 5.18. The molecule has 16 heavy (non-hydrogen) atoms. The molecule has 0 aromatic heterocycles. The summed E-state index contributed by atoms with van der Waals surface area (Å²) in [6.45, 7) is 2.26. The molecule has 2 saturated carbocycles. The molecule has 0 heterocycles. The number of nitrogens with two attached hydrogens (primary N) is 1. The van der Waals surface area contributed by atoms with E-state index in [9.17, 15) is 5.11 Å². The van der Waals surface area contributed by atoms with Gasteiger partial charge in [-0.3, -0.25) is 0 Å². The van der Waals surface area contributed by atoms with Crippen LogP contribution in [0.15, 0.2) is 0 Å². The van der Waals surface area contributed by atoms with Crippen LogP contribution in [0.3, 0.4) is 0 Å². The summed E-state index contributed by atoms with van der Waals surface area (Å²) in [5.41, 5.74) is 5.67. The Labute approximate surface area is 99.6 Å². The molecule has 0 aliphatic heterocycles. The van der Waals surface area contributed by atoms with Crippen molar-refractivity contribution in [1.82, 2.24) is 0 Å². The second kappa shape index (κ2) is 4.66. The van der Waals surface area contributed by atoms with E-state index in [0.717, 1.165) is 31.6 Å². The van der Waals surface area contributed by atoms with Gasteiger partial charge in [0.25, 0.3) is 0 Å². The van der Waals surface area contributed by atoms with E-state index >= 15 is 0 Å². The molecule has 0 atom stereocenters. The fraction of sp³-hybridized carbons (Fsp3) is 1.00. The van der Waals surface area contributed by atoms with Crippen molar-refractivity contribution >= 4 is 0 Å². The second-order valence-electron chi connectivity index (χ2n) is 6.10. The molecule has 94 valence electrons. The van der Waals surface area contributed by atoms with Crippen molar-refractivity contribution in [3.05, 3.63) is 0 Å². The predicted molar refractivity (Wildman–Crippen MR) is 67.2 cm³/mol. The minimum absolute atomic E-state index is 0.274. The molecule has 2 nitrogen and oxygen atoms in total. The average molecular weight is 225 g/mol. The number of hydrogen-bond acceptors (Lipinski definition) is 2. The van der Waals surface area contributed by atoms with Gasteiger partial charge < -0.3 is 10.8 Å². The highest BCUT2D eigenvalue weighted by Crippen LogP contribution is 2.44. The van der Waals surface area contributed by atoms with Crippen molar-refractivity contribution in [2.24, 2.45) is 11.7 Å². The molecule has 0 spiro atoms. The van der Waals surface area contributed by atoms with Gasteiger partial charge in [-0.15, -0.1) is 0 Å². The fourth-order valence-electron chi connectivity index (χ4n) is 3.71. The molecular weight excluding hydrogens is 198 g/mol. The van der Waals surface area contributed by atoms with Crippen LogP contribution in [-0.4, -0.2) is 16.2 Å². The molecule has 0 radical (unpaired) electrons. The van der Waals surface area contributed by atoms with Crippen molar-refractivity contribution in [1.29, 1.82) is 0 Å². The lowest BCUT2D eigenvalue weighted by Crippen LogP contribution is -2.62. The molecule has 2 rings (SSSR count). The molecule has 0 bridgehead atoms. The topological polar surface area (TPSA) is 46.2 Å². The molecule has 2 aliphatic rings. The smallest absolute Gasteiger partial charge is 0.0826 e. The van der Waals surface area contributed by atoms with Gasteiger partial charge in [-0.1, -0.05) is 32.6 Å². The molecule has 2 heteroatoms. The van der Waals surface area contributed by atoms with E-state index in [-0.39, 0.29) is 5.54 Å². The van der Waals surface area contributed by atoms with E-state index < -0.39 is 5.60 Å². The van der Waals surface area contributed by atoms with Crippen LogP contribution < -0.4 is 5.73 Å². The zero-order valence-corrected chi connectivity index (χ0v) is 10.7. The zero-order chi connectivity index (χ0) is 11.6. The summed E-state index contributed by atoms with van der Waals surface area (Å²) in [5.74, 6) is 0.826. The highest BCUT2D eigenvalue weighted by Gasteiger charge is 2.48. The summed E-state index contributed by atoms with van der Waals surface area (Å²) in [6.07, 6.45) is 11.2. The molecule has 0 unspecified atom stereocenters. The summed E-state index contributed by atoms with van der Waals surface area (Å²) in [7, 11) is 0. The molecule has 0 aromatic rings. The van der Waals surface area contributed by atoms with Crippen molar-refractivity contribution in [2.45, 2.75) is 82.3 Å². The Bertz CT molecular complexity index is 225. The van der Waals surface area contributed by atoms with Crippen LogP contribution in [0.2, 0.25) is 0 Å². The van der Waals surface area contributed by atoms with E-state index in [2.05, 4.69) is 6.92 Å². The summed E-state index contributed by atoms with van der Waals surface area (Å²) in [4.78, 5) is 0. The Morgan fingerprint density at radius 3 is 2.12 bits per heavy atom. The first kappa shape index (κ1) is 12.4. The Hall–Kier alpha value is -0.0800. The number of rotatable bonds is 2. The second-order valence-corrected chi connectivity index (χ2v) is 6.10. The standard InChI is InChI=1S/C14H27NO/c1-2-12-6-10-14(16,11-7-12)13(15)8-4-3-5-9-13/h12,16H,2-11,15H2,1H3. The first-order valence-electron chi connectivity index (χ1n) is 7.11. The minimum atomic E-state index is -0.556. The van der Waals surface area contributed by atoms with Crippen molar-refractivity contribution in [3.63, 3.8) is 0 Å². The van der Waals surface area contributed by atoms with Gasteiger partial charge in [0.15, 0.2) is 0 Å². The minimum Gasteiger partial charge on any atom is -0.388 e. The summed E-state index contributed by atoms with van der Waals surface area (Å²) >= 11 is 0. The lowest BCUT2D eigenvalue weighted by molar-refractivity contribution is -0.0862. The summed E-state index contributed by atoms with van der Waals surface area (Å²) in [6, 6.07) is 0. The largest absolute Gasteiger partial charge is 0.388 e. The zero-order valence-electron chi connectivity index (χ0n) is 10.7. The van der Waals surface area contributed by atoms with E-state index in [1.54, 1.807) is 0 Å². The number of hydrogen-bond donors (Lipinski definition) is 2. The van der Waals surface area contributed by atoms with E-state index in [4.69, 9.17) is 5.73 Å². The van der Waals surface area contributed by atoms with Gasteiger partial charge in [0.05, 0.1) is 5.60 Å². The average Bonchev–Trinajstić information content (AvgIpc) is 2.31. The van der Waals surface area contributed by atoms with Crippen molar-refractivity contribution in [3.8, 4) is 0 Å². The Kier molecular flexibility index (Phi) is 3.60. The summed E-state index contributed by atoms with van der Waals surface area (Å²) < 4.78 is 0. The van der Waals surface area contributed by atoms with Crippen LogP contribution >= 0.6 is 0 Å². The van der Waals surface area contributed by atoms with Crippen LogP contribution in [0, 0.1) is 5.92 Å². The monoisotopic (exact) mass is 225 g/mol. The maximum Gasteiger partial charge on any atom is 0.0826 e. The Morgan fingerprint density at radius 2 is 1.62 bits per heavy atom. The maximum atomic E-state index is 10.8. The lowest BCUT2D eigenvalue weighted by atomic mass is 9.63. The Morgan fingerprint density at radius 1 is 1.06 bits per heavy atom. The van der Waals surface area contributed by atoms with Crippen LogP contribution in [0.25, 0.3) is 0 Å². The first-order valence-corrected chi connectivity index (χ1v) is 7.11. The van der Waals surface area contributed by atoms with Gasteiger partial charge in [0.1, 0.15) is 0 Å². The fourth-order valence-corrected chi connectivity index (χ4v) is 3.71. The van der Waals surface area contributed by atoms with Gasteiger partial charge in [0.2, 0.25) is 0 Å². The van der Waals surface area contributed by atoms with E-state index in [0.29, 0.717) is 0 Å². The van der Waals surface area contributed by atoms with Gasteiger partial charge in [0, 0.05) is 5.54 Å². The third kappa shape index (κ3) is 2.14. The van der Waals surface area contributed by atoms with Crippen LogP contribution in [0.1, 0.15) is 71.1 Å². The maximum absolute atomic E-state index is 10.8. The summed E-state index contributed by atoms with van der Waals surface area (Å²) in [5, 5.41) is 10.8. The molecular formula is C14H27NO. The highest BCUT2D eigenvalue weighted by atomic mass is 16.3. The van der Waals surface area contributed by atoms with Crippen molar-refractivity contribution < 1.29 is 5.11 Å². The van der Waals surface area contributed by atoms with Gasteiger partial charge in [-0.2, -0.15) is 0 Å². The molecule has 3 N–H and O–H groups in total. The van der Waals surface area contributed by atoms with Gasteiger partial charge in [-0.25, -0.2) is 0 Å². The highest BCUT2D eigenvalue weighted by molar-refractivity contribution is 5.06. The normalized spacial score (nSPS) is 39.6. The van der Waals surface area contributed by atoms with E-state index in [1.165, 1.54) is 38.5 Å². The van der Waals surface area contributed by atoms with Gasteiger partial charge in [-0.05, 0) is 44.4 Å². The predicted octanol–water partition coefficient (Wildman–Crippen LogP) is 2.98. The molecule has 0 amide bonds. The Balaban J connectivity index is 2.01. The van der Waals surface area contributed by atoms with Crippen LogP contribution in [0.4, 0.5) is 0 Å². The number of aliphatic hydroxyl groups is 1. The quantitative estimate of drug-likeness (QED) is 0.759. The molecule has 2 fully saturated rings. The molecule has 0 saturated heterocycles. The lowest BCUT2D eigenvalue weighted by Gasteiger charge is -2.50. The third-order valence-electron chi connectivity index (χ3n) is 5.18. The van der Waals surface area contributed by atoms with Crippen LogP contribution in [-0.2, 0) is 0 Å². The molecule has 0 aromatic carbocycles. The van der Waals surface area contributed by atoms with Crippen LogP contribution in [0.5, 0.6) is 0 Å². The van der Waals surface area contributed by atoms with Gasteiger partial charge >= 0.3 is 0 Å².